The van der Waals surface area contributed by atoms with E-state index in [2.05, 4.69) is 60.2 Å². The minimum Gasteiger partial charge on any atom is -0.396 e. The number of piperidine rings is 1. The van der Waals surface area contributed by atoms with Gasteiger partial charge in [-0.15, -0.1) is 0 Å². The molecule has 1 aromatic carbocycles. The van der Waals surface area contributed by atoms with Crippen LogP contribution in [0, 0.1) is 5.92 Å². The predicted octanol–water partition coefficient (Wildman–Crippen LogP) is 2.10. The fraction of sp³-hybridized carbons (Fsp3) is 0.611. The third-order valence-corrected chi connectivity index (χ3v) is 4.11. The van der Waals surface area contributed by atoms with Crippen LogP contribution in [0.25, 0.3) is 0 Å². The van der Waals surface area contributed by atoms with Crippen LogP contribution in [0.5, 0.6) is 0 Å². The first kappa shape index (κ1) is 17.6. The maximum atomic E-state index is 9.21. The number of hydrogen-bond acceptors (Lipinski definition) is 3. The summed E-state index contributed by atoms with van der Waals surface area (Å²) >= 11 is 0. The van der Waals surface area contributed by atoms with Crippen molar-refractivity contribution in [3.05, 3.63) is 29.8 Å². The van der Waals surface area contributed by atoms with Crippen LogP contribution in [0.1, 0.15) is 39.2 Å². The van der Waals surface area contributed by atoms with Crippen LogP contribution in [-0.4, -0.2) is 36.3 Å². The maximum Gasteiger partial charge on any atom is 0.189 e. The number of aliphatic hydroxyl groups is 1. The van der Waals surface area contributed by atoms with Gasteiger partial charge in [-0.1, -0.05) is 12.1 Å². The summed E-state index contributed by atoms with van der Waals surface area (Å²) in [4.78, 5) is 6.77. The van der Waals surface area contributed by atoms with Crippen molar-refractivity contribution in [1.82, 2.24) is 5.32 Å². The van der Waals surface area contributed by atoms with Crippen LogP contribution < -0.4 is 16.0 Å². The van der Waals surface area contributed by atoms with Gasteiger partial charge in [-0.25, -0.2) is 4.99 Å². The van der Waals surface area contributed by atoms with E-state index in [-0.39, 0.29) is 5.54 Å². The molecule has 1 saturated heterocycles. The molecule has 4 N–H and O–H groups in total. The first-order valence-corrected chi connectivity index (χ1v) is 8.40. The number of aliphatic hydroxyl groups excluding tert-OH is 1. The molecule has 1 aliphatic rings. The van der Waals surface area contributed by atoms with Crippen LogP contribution in [0.2, 0.25) is 0 Å². The lowest BCUT2D eigenvalue weighted by molar-refractivity contribution is 0.203. The highest BCUT2D eigenvalue weighted by atomic mass is 16.3. The minimum absolute atomic E-state index is 0.0713. The Bertz CT molecular complexity index is 511. The zero-order valence-electron chi connectivity index (χ0n) is 14.5. The molecule has 0 amide bonds. The first-order valence-electron chi connectivity index (χ1n) is 8.40. The second-order valence-electron chi connectivity index (χ2n) is 7.36. The third kappa shape index (κ3) is 5.75. The molecule has 0 bridgehead atoms. The van der Waals surface area contributed by atoms with Crippen molar-refractivity contribution in [1.29, 1.82) is 0 Å². The summed E-state index contributed by atoms with van der Waals surface area (Å²) in [5.41, 5.74) is 8.22. The SMILES string of the molecule is CC(C)(C)NC(N)=NCc1ccc(N2CCC(CO)CC2)cc1. The van der Waals surface area contributed by atoms with Gasteiger partial charge in [-0.2, -0.15) is 0 Å². The molecule has 5 heteroatoms. The molecule has 1 aliphatic heterocycles. The van der Waals surface area contributed by atoms with E-state index < -0.39 is 0 Å². The van der Waals surface area contributed by atoms with E-state index in [9.17, 15) is 5.11 Å². The van der Waals surface area contributed by atoms with Gasteiger partial charge < -0.3 is 21.1 Å². The Labute approximate surface area is 139 Å². The minimum atomic E-state index is -0.0713. The Morgan fingerprint density at radius 2 is 1.87 bits per heavy atom. The number of rotatable bonds is 4. The van der Waals surface area contributed by atoms with Gasteiger partial charge in [0, 0.05) is 30.9 Å². The molecule has 0 radical (unpaired) electrons. The molecule has 1 aromatic rings. The van der Waals surface area contributed by atoms with Crippen LogP contribution >= 0.6 is 0 Å². The quantitative estimate of drug-likeness (QED) is 0.587. The number of anilines is 1. The smallest absolute Gasteiger partial charge is 0.189 e. The Balaban J connectivity index is 1.89. The molecule has 0 saturated carbocycles. The van der Waals surface area contributed by atoms with E-state index >= 15 is 0 Å². The van der Waals surface area contributed by atoms with Gasteiger partial charge in [-0.05, 0) is 57.2 Å². The third-order valence-electron chi connectivity index (χ3n) is 4.11. The molecule has 128 valence electrons. The highest BCUT2D eigenvalue weighted by molar-refractivity contribution is 5.78. The topological polar surface area (TPSA) is 73.9 Å². The highest BCUT2D eigenvalue weighted by Crippen LogP contribution is 2.23. The molecule has 0 aromatic heterocycles. The average molecular weight is 318 g/mol. The fourth-order valence-corrected chi connectivity index (χ4v) is 2.79. The maximum absolute atomic E-state index is 9.21. The first-order chi connectivity index (χ1) is 10.9. The lowest BCUT2D eigenvalue weighted by Crippen LogP contribution is -2.44. The number of nitrogens with one attached hydrogen (secondary N) is 1. The summed E-state index contributed by atoms with van der Waals surface area (Å²) in [5, 5.41) is 12.4. The molecule has 1 fully saturated rings. The number of hydrogen-bond donors (Lipinski definition) is 3. The van der Waals surface area contributed by atoms with Crippen molar-refractivity contribution in [3.63, 3.8) is 0 Å². The van der Waals surface area contributed by atoms with E-state index in [1.54, 1.807) is 0 Å². The van der Waals surface area contributed by atoms with Crippen molar-refractivity contribution in [2.24, 2.45) is 16.6 Å². The Morgan fingerprint density at radius 3 is 2.39 bits per heavy atom. The van der Waals surface area contributed by atoms with E-state index in [0.29, 0.717) is 25.0 Å². The van der Waals surface area contributed by atoms with Gasteiger partial charge >= 0.3 is 0 Å². The lowest BCUT2D eigenvalue weighted by Gasteiger charge is -2.32. The molecule has 23 heavy (non-hydrogen) atoms. The normalized spacial score (nSPS) is 17.4. The Kier molecular flexibility index (Phi) is 5.88. The van der Waals surface area contributed by atoms with Crippen molar-refractivity contribution in [2.45, 2.75) is 45.7 Å². The molecule has 0 spiro atoms. The van der Waals surface area contributed by atoms with Crippen molar-refractivity contribution in [2.75, 3.05) is 24.6 Å². The largest absolute Gasteiger partial charge is 0.396 e. The predicted molar refractivity (Wildman–Crippen MR) is 96.7 cm³/mol. The standard InChI is InChI=1S/C18H30N4O/c1-18(2,3)21-17(19)20-12-14-4-6-16(7-5-14)22-10-8-15(13-23)9-11-22/h4-7,15,23H,8-13H2,1-3H3,(H3,19,20,21). The Morgan fingerprint density at radius 1 is 1.26 bits per heavy atom. The molecular formula is C18H30N4O. The highest BCUT2D eigenvalue weighted by Gasteiger charge is 2.18. The summed E-state index contributed by atoms with van der Waals surface area (Å²) in [7, 11) is 0. The summed E-state index contributed by atoms with van der Waals surface area (Å²) in [6.45, 7) is 9.12. The summed E-state index contributed by atoms with van der Waals surface area (Å²) in [6, 6.07) is 8.53. The summed E-state index contributed by atoms with van der Waals surface area (Å²) in [5.74, 6) is 0.950. The molecule has 2 rings (SSSR count). The van der Waals surface area contributed by atoms with Crippen molar-refractivity contribution < 1.29 is 5.11 Å². The number of benzene rings is 1. The number of guanidine groups is 1. The lowest BCUT2D eigenvalue weighted by atomic mass is 9.97. The Hall–Kier alpha value is -1.75. The van der Waals surface area contributed by atoms with E-state index in [0.717, 1.165) is 31.5 Å². The molecule has 1 heterocycles. The van der Waals surface area contributed by atoms with Crippen LogP contribution in [0.15, 0.2) is 29.3 Å². The average Bonchev–Trinajstić information content (AvgIpc) is 2.52. The number of nitrogens with two attached hydrogens (primary N) is 1. The number of aliphatic imine (C=N–C) groups is 1. The summed E-state index contributed by atoms with van der Waals surface area (Å²) < 4.78 is 0. The summed E-state index contributed by atoms with van der Waals surface area (Å²) in [6.07, 6.45) is 2.13. The van der Waals surface area contributed by atoms with Crippen molar-refractivity contribution >= 4 is 11.6 Å². The second-order valence-corrected chi connectivity index (χ2v) is 7.36. The van der Waals surface area contributed by atoms with Crippen LogP contribution in [-0.2, 0) is 6.54 Å². The van der Waals surface area contributed by atoms with Crippen LogP contribution in [0.4, 0.5) is 5.69 Å². The molecule has 0 atom stereocenters. The second kappa shape index (κ2) is 7.68. The molecule has 5 nitrogen and oxygen atoms in total. The van der Waals surface area contributed by atoms with Crippen LogP contribution in [0.3, 0.4) is 0 Å². The van der Waals surface area contributed by atoms with E-state index in [1.807, 2.05) is 0 Å². The van der Waals surface area contributed by atoms with Gasteiger partial charge in [0.25, 0.3) is 0 Å². The molecule has 0 aliphatic carbocycles. The zero-order chi connectivity index (χ0) is 16.9. The van der Waals surface area contributed by atoms with Gasteiger partial charge in [0.1, 0.15) is 0 Å². The van der Waals surface area contributed by atoms with E-state index in [1.165, 1.54) is 5.69 Å². The number of nitrogens with zero attached hydrogens (tertiary/aromatic N) is 2. The zero-order valence-corrected chi connectivity index (χ0v) is 14.5. The fourth-order valence-electron chi connectivity index (χ4n) is 2.79. The molecular weight excluding hydrogens is 288 g/mol. The van der Waals surface area contributed by atoms with E-state index in [4.69, 9.17) is 5.73 Å². The van der Waals surface area contributed by atoms with Crippen molar-refractivity contribution in [3.8, 4) is 0 Å². The molecule has 0 unspecified atom stereocenters. The van der Waals surface area contributed by atoms with Gasteiger partial charge in [0.15, 0.2) is 5.96 Å². The van der Waals surface area contributed by atoms with Gasteiger partial charge in [0.05, 0.1) is 6.54 Å². The van der Waals surface area contributed by atoms with Gasteiger partial charge in [0.2, 0.25) is 0 Å². The monoisotopic (exact) mass is 318 g/mol. The van der Waals surface area contributed by atoms with Gasteiger partial charge in [-0.3, -0.25) is 0 Å².